The standard InChI is InChI=1S/C13H16N2O3S/c1-13(2)10(6-19-13)15-12(16)14-8-4-3-5-9-11(8)18-7-17-9/h3-5,10H,6-7H2,1-2H3,(H2,14,15,16). The number of para-hydroxylation sites is 1. The second-order valence-electron chi connectivity index (χ2n) is 5.10. The molecule has 2 aliphatic heterocycles. The zero-order valence-corrected chi connectivity index (χ0v) is 11.7. The fourth-order valence-electron chi connectivity index (χ4n) is 2.06. The summed E-state index contributed by atoms with van der Waals surface area (Å²) in [5.41, 5.74) is 0.636. The van der Waals surface area contributed by atoms with Crippen LogP contribution in [0.5, 0.6) is 11.5 Å². The van der Waals surface area contributed by atoms with Crippen LogP contribution in [0, 0.1) is 0 Å². The van der Waals surface area contributed by atoms with E-state index in [4.69, 9.17) is 9.47 Å². The molecule has 0 spiro atoms. The molecule has 19 heavy (non-hydrogen) atoms. The van der Waals surface area contributed by atoms with Gasteiger partial charge < -0.3 is 20.1 Å². The number of nitrogens with one attached hydrogen (secondary N) is 2. The maximum absolute atomic E-state index is 12.0. The van der Waals surface area contributed by atoms with Gasteiger partial charge in [0.1, 0.15) is 0 Å². The summed E-state index contributed by atoms with van der Waals surface area (Å²) < 4.78 is 10.7. The Kier molecular flexibility index (Phi) is 2.97. The third kappa shape index (κ3) is 2.32. The zero-order valence-electron chi connectivity index (χ0n) is 10.9. The van der Waals surface area contributed by atoms with E-state index >= 15 is 0 Å². The number of fused-ring (bicyclic) bond motifs is 1. The molecule has 1 unspecified atom stereocenters. The third-order valence-electron chi connectivity index (χ3n) is 3.41. The van der Waals surface area contributed by atoms with E-state index in [1.807, 2.05) is 23.9 Å². The monoisotopic (exact) mass is 280 g/mol. The minimum Gasteiger partial charge on any atom is -0.454 e. The Bertz CT molecular complexity index is 519. The van der Waals surface area contributed by atoms with Gasteiger partial charge in [0.2, 0.25) is 6.79 Å². The summed E-state index contributed by atoms with van der Waals surface area (Å²) >= 11 is 1.85. The van der Waals surface area contributed by atoms with Crippen LogP contribution in [0.2, 0.25) is 0 Å². The fourth-order valence-corrected chi connectivity index (χ4v) is 3.20. The smallest absolute Gasteiger partial charge is 0.319 e. The molecule has 2 heterocycles. The molecule has 2 N–H and O–H groups in total. The van der Waals surface area contributed by atoms with E-state index < -0.39 is 0 Å². The van der Waals surface area contributed by atoms with Crippen molar-refractivity contribution in [1.29, 1.82) is 0 Å². The molecule has 5 nitrogen and oxygen atoms in total. The molecule has 0 bridgehead atoms. The summed E-state index contributed by atoms with van der Waals surface area (Å²) in [6.07, 6.45) is 0. The molecule has 0 aliphatic carbocycles. The van der Waals surface area contributed by atoms with Gasteiger partial charge in [-0.25, -0.2) is 4.79 Å². The molecule has 1 saturated heterocycles. The summed E-state index contributed by atoms with van der Waals surface area (Å²) in [7, 11) is 0. The number of benzene rings is 1. The van der Waals surface area contributed by atoms with Crippen LogP contribution in [0.1, 0.15) is 13.8 Å². The lowest BCUT2D eigenvalue weighted by molar-refractivity contribution is 0.174. The highest BCUT2D eigenvalue weighted by molar-refractivity contribution is 8.02. The number of ether oxygens (including phenoxy) is 2. The van der Waals surface area contributed by atoms with E-state index in [1.165, 1.54) is 0 Å². The van der Waals surface area contributed by atoms with Crippen molar-refractivity contribution in [3.8, 4) is 11.5 Å². The van der Waals surface area contributed by atoms with E-state index in [0.717, 1.165) is 5.75 Å². The number of amides is 2. The molecule has 0 aromatic heterocycles. The molecule has 0 saturated carbocycles. The van der Waals surface area contributed by atoms with Crippen molar-refractivity contribution in [1.82, 2.24) is 5.32 Å². The van der Waals surface area contributed by atoms with Crippen LogP contribution in [-0.4, -0.2) is 29.4 Å². The average molecular weight is 280 g/mol. The van der Waals surface area contributed by atoms with Gasteiger partial charge in [-0.15, -0.1) is 0 Å². The second-order valence-corrected chi connectivity index (χ2v) is 6.78. The molecule has 2 amide bonds. The van der Waals surface area contributed by atoms with E-state index in [9.17, 15) is 4.79 Å². The summed E-state index contributed by atoms with van der Waals surface area (Å²) in [6, 6.07) is 5.44. The minimum absolute atomic E-state index is 0.107. The Hall–Kier alpha value is -1.56. The first-order valence-electron chi connectivity index (χ1n) is 6.16. The van der Waals surface area contributed by atoms with Crippen LogP contribution in [0.25, 0.3) is 0 Å². The van der Waals surface area contributed by atoms with E-state index in [-0.39, 0.29) is 23.6 Å². The molecule has 1 atom stereocenters. The summed E-state index contributed by atoms with van der Waals surface area (Å²) in [4.78, 5) is 12.0. The topological polar surface area (TPSA) is 59.6 Å². The molecule has 0 radical (unpaired) electrons. The van der Waals surface area contributed by atoms with Gasteiger partial charge in [-0.2, -0.15) is 11.8 Å². The van der Waals surface area contributed by atoms with Crippen LogP contribution in [0.15, 0.2) is 18.2 Å². The predicted octanol–water partition coefficient (Wildman–Crippen LogP) is 2.43. The van der Waals surface area contributed by atoms with E-state index in [0.29, 0.717) is 17.2 Å². The van der Waals surface area contributed by atoms with Crippen molar-refractivity contribution in [3.05, 3.63) is 18.2 Å². The molecule has 6 heteroatoms. The quantitative estimate of drug-likeness (QED) is 0.873. The van der Waals surface area contributed by atoms with E-state index in [1.54, 1.807) is 6.07 Å². The van der Waals surface area contributed by atoms with Crippen LogP contribution < -0.4 is 20.1 Å². The molecule has 1 aromatic rings. The number of hydrogen-bond acceptors (Lipinski definition) is 4. The Labute approximate surface area is 116 Å². The highest BCUT2D eigenvalue weighted by Crippen LogP contribution is 2.41. The normalized spacial score (nSPS) is 22.5. The Balaban J connectivity index is 1.66. The minimum atomic E-state index is -0.206. The maximum atomic E-state index is 12.0. The average Bonchev–Trinajstić information content (AvgIpc) is 2.84. The lowest BCUT2D eigenvalue weighted by atomic mass is 10.0. The summed E-state index contributed by atoms with van der Waals surface area (Å²) in [5.74, 6) is 2.21. The highest BCUT2D eigenvalue weighted by Gasteiger charge is 2.40. The van der Waals surface area contributed by atoms with Gasteiger partial charge in [0.15, 0.2) is 11.5 Å². The lowest BCUT2D eigenvalue weighted by Crippen LogP contribution is -2.57. The Morgan fingerprint density at radius 3 is 2.95 bits per heavy atom. The number of carbonyl (C=O) groups is 1. The Morgan fingerprint density at radius 1 is 1.42 bits per heavy atom. The molecule has 1 fully saturated rings. The first kappa shape index (κ1) is 12.5. The van der Waals surface area contributed by atoms with Crippen LogP contribution in [-0.2, 0) is 0 Å². The maximum Gasteiger partial charge on any atom is 0.319 e. The number of rotatable bonds is 2. The van der Waals surface area contributed by atoms with Crippen molar-refractivity contribution in [2.24, 2.45) is 0 Å². The van der Waals surface area contributed by atoms with Crippen molar-refractivity contribution >= 4 is 23.5 Å². The van der Waals surface area contributed by atoms with Crippen LogP contribution >= 0.6 is 11.8 Å². The Morgan fingerprint density at radius 2 is 2.26 bits per heavy atom. The molecule has 1 aromatic carbocycles. The van der Waals surface area contributed by atoms with Crippen molar-refractivity contribution in [2.75, 3.05) is 17.9 Å². The van der Waals surface area contributed by atoms with Crippen LogP contribution in [0.4, 0.5) is 10.5 Å². The van der Waals surface area contributed by atoms with Gasteiger partial charge in [0.25, 0.3) is 0 Å². The van der Waals surface area contributed by atoms with Gasteiger partial charge >= 0.3 is 6.03 Å². The summed E-state index contributed by atoms with van der Waals surface area (Å²) in [6.45, 7) is 4.45. The SMILES string of the molecule is CC1(C)SCC1NC(=O)Nc1cccc2c1OCO2. The highest BCUT2D eigenvalue weighted by atomic mass is 32.2. The third-order valence-corrected chi connectivity index (χ3v) is 4.94. The van der Waals surface area contributed by atoms with Gasteiger partial charge in [-0.05, 0) is 26.0 Å². The molecule has 3 rings (SSSR count). The fraction of sp³-hybridized carbons (Fsp3) is 0.462. The molecular formula is C13H16N2O3S. The number of urea groups is 1. The number of carbonyl (C=O) groups excluding carboxylic acids is 1. The molecular weight excluding hydrogens is 264 g/mol. The van der Waals surface area contributed by atoms with Crippen molar-refractivity contribution in [2.45, 2.75) is 24.6 Å². The first-order chi connectivity index (χ1) is 9.06. The van der Waals surface area contributed by atoms with Gasteiger partial charge in [0, 0.05) is 10.5 Å². The lowest BCUT2D eigenvalue weighted by Gasteiger charge is -2.43. The second kappa shape index (κ2) is 4.52. The molecule has 2 aliphatic rings. The van der Waals surface area contributed by atoms with Gasteiger partial charge in [0.05, 0.1) is 11.7 Å². The number of anilines is 1. The predicted molar refractivity (Wildman–Crippen MR) is 75.0 cm³/mol. The van der Waals surface area contributed by atoms with Crippen molar-refractivity contribution in [3.63, 3.8) is 0 Å². The molecule has 102 valence electrons. The van der Waals surface area contributed by atoms with Gasteiger partial charge in [-0.3, -0.25) is 0 Å². The van der Waals surface area contributed by atoms with Crippen LogP contribution in [0.3, 0.4) is 0 Å². The first-order valence-corrected chi connectivity index (χ1v) is 7.15. The number of hydrogen-bond donors (Lipinski definition) is 2. The number of thioether (sulfide) groups is 1. The summed E-state index contributed by atoms with van der Waals surface area (Å²) in [5, 5.41) is 5.79. The van der Waals surface area contributed by atoms with Gasteiger partial charge in [-0.1, -0.05) is 6.07 Å². The largest absolute Gasteiger partial charge is 0.454 e. The van der Waals surface area contributed by atoms with Crippen molar-refractivity contribution < 1.29 is 14.3 Å². The zero-order chi connectivity index (χ0) is 13.5. The van der Waals surface area contributed by atoms with E-state index in [2.05, 4.69) is 24.5 Å².